The molecule has 0 saturated heterocycles. The van der Waals surface area contributed by atoms with Gasteiger partial charge in [0.15, 0.2) is 0 Å². The van der Waals surface area contributed by atoms with E-state index in [1.54, 1.807) is 0 Å². The Bertz CT molecular complexity index is 40.7. The molecule has 0 aliphatic rings. The Morgan fingerprint density at radius 1 is 1.43 bits per heavy atom. The minimum atomic E-state index is -0.845. The molecule has 0 aromatic rings. The SMILES string of the molecule is COO[NH+]([O-])OC. The molecule has 0 aliphatic heterocycles. The zero-order chi connectivity index (χ0) is 5.70. The molecule has 0 aromatic carbocycles. The van der Waals surface area contributed by atoms with Crippen molar-refractivity contribution in [3.05, 3.63) is 5.21 Å². The van der Waals surface area contributed by atoms with E-state index in [9.17, 15) is 5.21 Å². The average molecular weight is 109 g/mol. The van der Waals surface area contributed by atoms with Crippen molar-refractivity contribution in [3.63, 3.8) is 0 Å². The van der Waals surface area contributed by atoms with Crippen LogP contribution in [0.15, 0.2) is 0 Å². The van der Waals surface area contributed by atoms with Gasteiger partial charge in [-0.2, -0.15) is 9.73 Å². The van der Waals surface area contributed by atoms with E-state index in [1.807, 2.05) is 0 Å². The molecule has 0 aliphatic carbocycles. The number of nitrogens with one attached hydrogen (secondary N) is 1. The first-order chi connectivity index (χ1) is 3.31. The maximum atomic E-state index is 9.84. The molecule has 5 nitrogen and oxygen atoms in total. The van der Waals surface area contributed by atoms with Gasteiger partial charge in [0.05, 0.1) is 7.11 Å². The average Bonchev–Trinajstić information content (AvgIpc) is 1.68. The van der Waals surface area contributed by atoms with Crippen molar-refractivity contribution in [2.75, 3.05) is 14.2 Å². The van der Waals surface area contributed by atoms with Crippen LogP contribution in [0, 0.1) is 5.21 Å². The fourth-order valence-electron chi connectivity index (χ4n) is 0.102. The molecule has 0 bridgehead atoms. The summed E-state index contributed by atoms with van der Waals surface area (Å²) < 4.78 is 0. The highest BCUT2D eigenvalue weighted by Gasteiger charge is 1.87. The van der Waals surface area contributed by atoms with Crippen LogP contribution in [-0.2, 0) is 14.7 Å². The molecule has 0 saturated carbocycles. The van der Waals surface area contributed by atoms with Crippen molar-refractivity contribution >= 4 is 0 Å². The molecule has 1 atom stereocenters. The second kappa shape index (κ2) is 3.97. The quantitative estimate of drug-likeness (QED) is 0.351. The van der Waals surface area contributed by atoms with E-state index in [-0.39, 0.29) is 0 Å². The first-order valence-corrected chi connectivity index (χ1v) is 1.60. The van der Waals surface area contributed by atoms with Gasteiger partial charge in [-0.05, 0) is 5.39 Å². The van der Waals surface area contributed by atoms with E-state index < -0.39 is 5.39 Å². The molecule has 1 unspecified atom stereocenters. The van der Waals surface area contributed by atoms with Crippen LogP contribution in [0.3, 0.4) is 0 Å². The predicted octanol–water partition coefficient (Wildman–Crippen LogP) is -1.58. The van der Waals surface area contributed by atoms with Gasteiger partial charge in [0.2, 0.25) is 0 Å². The van der Waals surface area contributed by atoms with Gasteiger partial charge in [-0.1, -0.05) is 0 Å². The van der Waals surface area contributed by atoms with Gasteiger partial charge in [-0.25, -0.2) is 0 Å². The van der Waals surface area contributed by atoms with Crippen LogP contribution in [-0.4, -0.2) is 14.2 Å². The van der Waals surface area contributed by atoms with E-state index in [2.05, 4.69) is 14.7 Å². The van der Waals surface area contributed by atoms with Crippen molar-refractivity contribution in [3.8, 4) is 0 Å². The zero-order valence-corrected chi connectivity index (χ0v) is 4.13. The Hall–Kier alpha value is -0.200. The third kappa shape index (κ3) is 3.64. The van der Waals surface area contributed by atoms with Crippen LogP contribution >= 0.6 is 0 Å². The van der Waals surface area contributed by atoms with E-state index in [4.69, 9.17) is 0 Å². The lowest BCUT2D eigenvalue weighted by atomic mass is 11.7. The molecule has 0 amide bonds. The topological polar surface area (TPSA) is 55.2 Å². The molecule has 0 heterocycles. The van der Waals surface area contributed by atoms with Crippen molar-refractivity contribution in [1.29, 1.82) is 0 Å². The molecule has 7 heavy (non-hydrogen) atoms. The number of quaternary nitrogens is 1. The monoisotopic (exact) mass is 109 g/mol. The first kappa shape index (κ1) is 6.80. The summed E-state index contributed by atoms with van der Waals surface area (Å²) in [5.41, 5.74) is 0. The van der Waals surface area contributed by atoms with E-state index >= 15 is 0 Å². The summed E-state index contributed by atoms with van der Waals surface area (Å²) >= 11 is 0. The maximum absolute atomic E-state index is 9.84. The third-order valence-electron chi connectivity index (χ3n) is 0.318. The molecule has 0 spiro atoms. The molecule has 0 rings (SSSR count). The van der Waals surface area contributed by atoms with Crippen LogP contribution in [0.1, 0.15) is 0 Å². The maximum Gasteiger partial charge on any atom is 0.100 e. The fourth-order valence-corrected chi connectivity index (χ4v) is 0.102. The van der Waals surface area contributed by atoms with Gasteiger partial charge in [0.25, 0.3) is 0 Å². The third-order valence-corrected chi connectivity index (χ3v) is 0.318. The Morgan fingerprint density at radius 3 is 2.14 bits per heavy atom. The van der Waals surface area contributed by atoms with Crippen molar-refractivity contribution in [2.45, 2.75) is 0 Å². The number of rotatable bonds is 3. The van der Waals surface area contributed by atoms with Crippen LogP contribution in [0.2, 0.25) is 0 Å². The Morgan fingerprint density at radius 2 is 2.00 bits per heavy atom. The summed E-state index contributed by atoms with van der Waals surface area (Å²) in [4.78, 5) is 11.8. The number of hydrogen-bond donors (Lipinski definition) is 1. The number of hydrogen-bond acceptors (Lipinski definition) is 4. The van der Waals surface area contributed by atoms with Crippen LogP contribution in [0.4, 0.5) is 0 Å². The standard InChI is InChI=1S/C2H7NO4/c1-5-3(4)7-6-2/h3H,1-2H3. The Balaban J connectivity index is 2.83. The van der Waals surface area contributed by atoms with Gasteiger partial charge < -0.3 is 5.21 Å². The van der Waals surface area contributed by atoms with Gasteiger partial charge in [-0.15, -0.1) is 0 Å². The second-order valence-corrected chi connectivity index (χ2v) is 0.704. The summed E-state index contributed by atoms with van der Waals surface area (Å²) in [5.74, 6) is 0. The second-order valence-electron chi connectivity index (χ2n) is 0.704. The summed E-state index contributed by atoms with van der Waals surface area (Å²) in [7, 11) is 2.41. The van der Waals surface area contributed by atoms with Crippen LogP contribution in [0.25, 0.3) is 0 Å². The lowest BCUT2D eigenvalue weighted by Gasteiger charge is -2.09. The van der Waals surface area contributed by atoms with Crippen LogP contribution in [0.5, 0.6) is 0 Å². The highest BCUT2D eigenvalue weighted by molar-refractivity contribution is 3.75. The summed E-state index contributed by atoms with van der Waals surface area (Å²) in [6.45, 7) is 0. The minimum absolute atomic E-state index is 0.845. The minimum Gasteiger partial charge on any atom is -0.563 e. The van der Waals surface area contributed by atoms with E-state index in [1.165, 1.54) is 14.2 Å². The van der Waals surface area contributed by atoms with Gasteiger partial charge >= 0.3 is 0 Å². The summed E-state index contributed by atoms with van der Waals surface area (Å²) in [5, 5.41) is 9.00. The van der Waals surface area contributed by atoms with Gasteiger partial charge in [-0.3, -0.25) is 0 Å². The normalized spacial score (nSPS) is 14.1. The van der Waals surface area contributed by atoms with Crippen molar-refractivity contribution < 1.29 is 20.1 Å². The Labute approximate surface area is 40.8 Å². The lowest BCUT2D eigenvalue weighted by molar-refractivity contribution is -1.24. The molecular weight excluding hydrogens is 102 g/mol. The molecular formula is C2H7NO4. The summed E-state index contributed by atoms with van der Waals surface area (Å²) in [6.07, 6.45) is 0. The van der Waals surface area contributed by atoms with E-state index in [0.29, 0.717) is 0 Å². The van der Waals surface area contributed by atoms with Gasteiger partial charge in [0, 0.05) is 4.99 Å². The fraction of sp³-hybridized carbons (Fsp3) is 1.00. The lowest BCUT2D eigenvalue weighted by Crippen LogP contribution is -3.04. The molecule has 1 N–H and O–H groups in total. The van der Waals surface area contributed by atoms with Crippen LogP contribution < -0.4 is 5.39 Å². The largest absolute Gasteiger partial charge is 0.563 e. The van der Waals surface area contributed by atoms with Gasteiger partial charge in [0.1, 0.15) is 7.11 Å². The zero-order valence-electron chi connectivity index (χ0n) is 4.13. The smallest absolute Gasteiger partial charge is 0.100 e. The molecule has 0 radical (unpaired) electrons. The molecule has 0 aromatic heterocycles. The van der Waals surface area contributed by atoms with Crippen molar-refractivity contribution in [1.82, 2.24) is 0 Å². The summed E-state index contributed by atoms with van der Waals surface area (Å²) in [6, 6.07) is 0. The van der Waals surface area contributed by atoms with E-state index in [0.717, 1.165) is 0 Å². The highest BCUT2D eigenvalue weighted by Crippen LogP contribution is 1.51. The first-order valence-electron chi connectivity index (χ1n) is 1.60. The molecule has 5 heteroatoms. The Kier molecular flexibility index (Phi) is 3.86. The molecule has 0 fully saturated rings. The van der Waals surface area contributed by atoms with Crippen molar-refractivity contribution in [2.24, 2.45) is 0 Å². The predicted molar refractivity (Wildman–Crippen MR) is 19.4 cm³/mol. The molecule has 44 valence electrons. The highest BCUT2D eigenvalue weighted by atomic mass is 17.4.